The van der Waals surface area contributed by atoms with E-state index in [1.807, 2.05) is 25.8 Å². The first-order chi connectivity index (χ1) is 16.6. The van der Waals surface area contributed by atoms with Gasteiger partial charge in [0.05, 0.1) is 25.0 Å². The van der Waals surface area contributed by atoms with Crippen molar-refractivity contribution in [3.8, 4) is 11.5 Å². The first-order valence-electron chi connectivity index (χ1n) is 11.5. The molecule has 2 aromatic carbocycles. The van der Waals surface area contributed by atoms with Crippen molar-refractivity contribution in [3.63, 3.8) is 0 Å². The standard InChI is InChI=1S/C26H32F3N3O3/c1-18(2)17-35-23-9-5-19(15-24(23)34-4)6-10-25(33)30-22-8-7-20(16-21(22)26(27,28)29)32-13-11-31(3)12-14-32/h5-10,15-16,18H,11-14,17H2,1-4H3,(H,30,33)/b10-6+. The second kappa shape index (κ2) is 11.5. The van der Waals surface area contributed by atoms with E-state index >= 15 is 0 Å². The SMILES string of the molecule is COc1cc(/C=C/C(=O)Nc2ccc(N3CCN(C)CC3)cc2C(F)(F)F)ccc1OCC(C)C. The predicted octanol–water partition coefficient (Wildman–Crippen LogP) is 5.15. The molecule has 0 aromatic heterocycles. The third kappa shape index (κ3) is 7.39. The van der Waals surface area contributed by atoms with Crippen LogP contribution >= 0.6 is 0 Å². The Morgan fingerprint density at radius 2 is 1.80 bits per heavy atom. The molecule has 1 heterocycles. The quantitative estimate of drug-likeness (QED) is 0.518. The van der Waals surface area contributed by atoms with Crippen molar-refractivity contribution >= 4 is 23.4 Å². The zero-order chi connectivity index (χ0) is 25.6. The second-order valence-electron chi connectivity index (χ2n) is 8.96. The van der Waals surface area contributed by atoms with Gasteiger partial charge in [-0.2, -0.15) is 13.2 Å². The number of rotatable bonds is 8. The van der Waals surface area contributed by atoms with E-state index in [4.69, 9.17) is 9.47 Å². The largest absolute Gasteiger partial charge is 0.493 e. The van der Waals surface area contributed by atoms with Gasteiger partial charge in [0.1, 0.15) is 0 Å². The van der Waals surface area contributed by atoms with Crippen LogP contribution in [0.5, 0.6) is 11.5 Å². The normalized spacial score (nSPS) is 15.0. The molecule has 0 unspecified atom stereocenters. The van der Waals surface area contributed by atoms with Crippen LogP contribution in [0.4, 0.5) is 24.5 Å². The van der Waals surface area contributed by atoms with Gasteiger partial charge in [0, 0.05) is 37.9 Å². The molecule has 0 atom stereocenters. The van der Waals surface area contributed by atoms with Gasteiger partial charge in [-0.15, -0.1) is 0 Å². The molecule has 35 heavy (non-hydrogen) atoms. The Kier molecular flexibility index (Phi) is 8.67. The lowest BCUT2D eigenvalue weighted by Crippen LogP contribution is -2.44. The molecule has 0 aliphatic carbocycles. The second-order valence-corrected chi connectivity index (χ2v) is 8.96. The number of halogens is 3. The number of nitrogens with one attached hydrogen (secondary N) is 1. The fourth-order valence-electron chi connectivity index (χ4n) is 3.65. The highest BCUT2D eigenvalue weighted by molar-refractivity contribution is 6.02. The smallest absolute Gasteiger partial charge is 0.418 e. The third-order valence-corrected chi connectivity index (χ3v) is 5.62. The predicted molar refractivity (Wildman–Crippen MR) is 132 cm³/mol. The van der Waals surface area contributed by atoms with E-state index in [1.165, 1.54) is 25.3 Å². The Labute approximate surface area is 204 Å². The van der Waals surface area contributed by atoms with Crippen molar-refractivity contribution in [2.24, 2.45) is 5.92 Å². The zero-order valence-electron chi connectivity index (χ0n) is 20.5. The number of carbonyl (C=O) groups is 1. The van der Waals surface area contributed by atoms with Gasteiger partial charge in [0.15, 0.2) is 11.5 Å². The molecule has 6 nitrogen and oxygen atoms in total. The molecule has 190 valence electrons. The maximum Gasteiger partial charge on any atom is 0.418 e. The maximum absolute atomic E-state index is 13.8. The minimum atomic E-state index is -4.60. The average Bonchev–Trinajstić information content (AvgIpc) is 2.81. The van der Waals surface area contributed by atoms with E-state index in [-0.39, 0.29) is 5.69 Å². The summed E-state index contributed by atoms with van der Waals surface area (Å²) in [7, 11) is 3.50. The summed E-state index contributed by atoms with van der Waals surface area (Å²) in [5.74, 6) is 0.771. The molecule has 0 saturated carbocycles. The first-order valence-corrected chi connectivity index (χ1v) is 11.5. The van der Waals surface area contributed by atoms with Gasteiger partial charge in [0.25, 0.3) is 0 Å². The Balaban J connectivity index is 1.73. The van der Waals surface area contributed by atoms with Crippen molar-refractivity contribution < 1.29 is 27.4 Å². The summed E-state index contributed by atoms with van der Waals surface area (Å²) in [6.07, 6.45) is -1.90. The van der Waals surface area contributed by atoms with Crippen molar-refractivity contribution in [1.82, 2.24) is 4.90 Å². The maximum atomic E-state index is 13.8. The summed E-state index contributed by atoms with van der Waals surface area (Å²) in [4.78, 5) is 16.5. The van der Waals surface area contributed by atoms with Crippen LogP contribution < -0.4 is 19.7 Å². The molecule has 0 spiro atoms. The van der Waals surface area contributed by atoms with E-state index in [1.54, 1.807) is 24.3 Å². The Bertz CT molecular complexity index is 1050. The highest BCUT2D eigenvalue weighted by Crippen LogP contribution is 2.37. The summed E-state index contributed by atoms with van der Waals surface area (Å²) >= 11 is 0. The molecule has 1 saturated heterocycles. The number of amides is 1. The van der Waals surface area contributed by atoms with Crippen LogP contribution in [0, 0.1) is 5.92 Å². The van der Waals surface area contributed by atoms with Crippen LogP contribution in [-0.2, 0) is 11.0 Å². The van der Waals surface area contributed by atoms with Crippen LogP contribution in [0.3, 0.4) is 0 Å². The van der Waals surface area contributed by atoms with Gasteiger partial charge < -0.3 is 24.6 Å². The van der Waals surface area contributed by atoms with Gasteiger partial charge in [-0.1, -0.05) is 19.9 Å². The van der Waals surface area contributed by atoms with E-state index in [0.717, 1.165) is 19.2 Å². The topological polar surface area (TPSA) is 54.0 Å². The zero-order valence-corrected chi connectivity index (χ0v) is 20.5. The number of piperazine rings is 1. The average molecular weight is 492 g/mol. The number of hydrogen-bond donors (Lipinski definition) is 1. The van der Waals surface area contributed by atoms with Crippen LogP contribution in [0.1, 0.15) is 25.0 Å². The van der Waals surface area contributed by atoms with Crippen molar-refractivity contribution in [3.05, 3.63) is 53.6 Å². The summed E-state index contributed by atoms with van der Waals surface area (Å²) in [6, 6.07) is 9.20. The van der Waals surface area contributed by atoms with Crippen LogP contribution in [0.15, 0.2) is 42.5 Å². The van der Waals surface area contributed by atoms with Crippen LogP contribution in [-0.4, -0.2) is 57.8 Å². The summed E-state index contributed by atoms with van der Waals surface area (Å²) in [5.41, 5.74) is -0.00904. The third-order valence-electron chi connectivity index (χ3n) is 5.62. The molecule has 2 aromatic rings. The number of ether oxygens (including phenoxy) is 2. The van der Waals surface area contributed by atoms with Crippen molar-refractivity contribution in [2.75, 3.05) is 57.2 Å². The fourth-order valence-corrected chi connectivity index (χ4v) is 3.65. The van der Waals surface area contributed by atoms with E-state index in [9.17, 15) is 18.0 Å². The Morgan fingerprint density at radius 3 is 2.43 bits per heavy atom. The number of methoxy groups -OCH3 is 1. The van der Waals surface area contributed by atoms with E-state index in [0.29, 0.717) is 48.4 Å². The lowest BCUT2D eigenvalue weighted by Gasteiger charge is -2.34. The molecule has 3 rings (SSSR count). The molecule has 9 heteroatoms. The van der Waals surface area contributed by atoms with E-state index in [2.05, 4.69) is 10.2 Å². The highest BCUT2D eigenvalue weighted by atomic mass is 19.4. The van der Waals surface area contributed by atoms with Crippen molar-refractivity contribution in [1.29, 1.82) is 0 Å². The fraction of sp³-hybridized carbons (Fsp3) is 0.423. The number of hydrogen-bond acceptors (Lipinski definition) is 5. The van der Waals surface area contributed by atoms with Crippen molar-refractivity contribution in [2.45, 2.75) is 20.0 Å². The number of carbonyl (C=O) groups excluding carboxylic acids is 1. The molecule has 1 N–H and O–H groups in total. The monoisotopic (exact) mass is 491 g/mol. The number of benzene rings is 2. The van der Waals surface area contributed by atoms with Gasteiger partial charge in [-0.3, -0.25) is 4.79 Å². The Hall–Kier alpha value is -3.20. The molecule has 0 bridgehead atoms. The minimum absolute atomic E-state index is 0.278. The van der Waals surface area contributed by atoms with Gasteiger partial charge in [0.2, 0.25) is 5.91 Å². The molecular formula is C26H32F3N3O3. The van der Waals surface area contributed by atoms with Gasteiger partial charge in [-0.25, -0.2) is 0 Å². The summed E-state index contributed by atoms with van der Waals surface area (Å²) < 4.78 is 52.4. The lowest BCUT2D eigenvalue weighted by molar-refractivity contribution is -0.136. The van der Waals surface area contributed by atoms with Crippen LogP contribution in [0.2, 0.25) is 0 Å². The number of nitrogens with zero attached hydrogens (tertiary/aromatic N) is 2. The molecule has 0 radical (unpaired) electrons. The molecule has 1 amide bonds. The molecule has 1 aliphatic heterocycles. The Morgan fingerprint density at radius 1 is 1.09 bits per heavy atom. The summed E-state index contributed by atoms with van der Waals surface area (Å²) in [5, 5.41) is 2.37. The lowest BCUT2D eigenvalue weighted by atomic mass is 10.1. The molecular weight excluding hydrogens is 459 g/mol. The first kappa shape index (κ1) is 26.4. The number of likely N-dealkylation sites (N-methyl/N-ethyl adjacent to an activating group) is 1. The van der Waals surface area contributed by atoms with Gasteiger partial charge in [-0.05, 0) is 54.9 Å². The van der Waals surface area contributed by atoms with E-state index < -0.39 is 17.6 Å². The highest BCUT2D eigenvalue weighted by Gasteiger charge is 2.34. The summed E-state index contributed by atoms with van der Waals surface area (Å²) in [6.45, 7) is 7.45. The minimum Gasteiger partial charge on any atom is -0.493 e. The van der Waals surface area contributed by atoms with Gasteiger partial charge >= 0.3 is 6.18 Å². The van der Waals surface area contributed by atoms with Crippen LogP contribution in [0.25, 0.3) is 6.08 Å². The number of anilines is 2. The number of alkyl halides is 3. The molecule has 1 aliphatic rings. The molecule has 1 fully saturated rings.